The van der Waals surface area contributed by atoms with E-state index in [1.165, 1.54) is 12.0 Å². The number of nitrogens with one attached hydrogen (secondary N) is 1. The molecule has 0 aromatic rings. The van der Waals surface area contributed by atoms with Gasteiger partial charge in [-0.05, 0) is 26.1 Å². The van der Waals surface area contributed by atoms with Crippen LogP contribution < -0.4 is 5.32 Å². The van der Waals surface area contributed by atoms with Crippen LogP contribution in [0.15, 0.2) is 16.8 Å². The Hall–Kier alpha value is -1.16. The van der Waals surface area contributed by atoms with Gasteiger partial charge in [0.05, 0.1) is 0 Å². The van der Waals surface area contributed by atoms with E-state index in [-0.39, 0.29) is 6.29 Å². The number of rotatable bonds is 2. The average molecular weight is 227 g/mol. The number of carbonyl (C=O) groups excluding carboxylic acids is 1. The molecule has 1 aliphatic rings. The lowest BCUT2D eigenvalue weighted by molar-refractivity contribution is -0.0979. The Kier molecular flexibility index (Phi) is 12.8. The van der Waals surface area contributed by atoms with Crippen LogP contribution in [0, 0.1) is 0 Å². The zero-order chi connectivity index (χ0) is 13.0. The highest BCUT2D eigenvalue weighted by Gasteiger charge is 2.08. The monoisotopic (exact) mass is 227 g/mol. The molecule has 0 fully saturated rings. The van der Waals surface area contributed by atoms with E-state index in [0.717, 1.165) is 6.42 Å². The summed E-state index contributed by atoms with van der Waals surface area (Å²) in [6.07, 6.45) is 6.36. The molecule has 0 saturated heterocycles. The molecule has 1 aliphatic heterocycles. The zero-order valence-corrected chi connectivity index (χ0v) is 11.2. The van der Waals surface area contributed by atoms with Crippen molar-refractivity contribution in [1.29, 1.82) is 0 Å². The molecule has 94 valence electrons. The van der Waals surface area contributed by atoms with Crippen LogP contribution in [0.4, 0.5) is 0 Å². The fraction of sp³-hybridized carbons (Fsp3) is 0.667. The smallest absolute Gasteiger partial charge is 0.175 e. The summed E-state index contributed by atoms with van der Waals surface area (Å²) in [5, 5.41) is 3.19. The van der Waals surface area contributed by atoms with E-state index in [2.05, 4.69) is 31.1 Å². The second-order valence-electron chi connectivity index (χ2n) is 3.56. The van der Waals surface area contributed by atoms with E-state index < -0.39 is 0 Å². The average Bonchev–Trinajstić information content (AvgIpc) is 2.33. The molecule has 4 nitrogen and oxygen atoms in total. The minimum Gasteiger partial charge on any atom is -0.357 e. The number of hydrogen-bond donors (Lipinski definition) is 1. The van der Waals surface area contributed by atoms with Gasteiger partial charge in [-0.15, -0.1) is 0 Å². The van der Waals surface area contributed by atoms with Crippen LogP contribution in [0.25, 0.3) is 0 Å². The molecule has 1 atom stereocenters. The molecular weight excluding hydrogens is 202 g/mol. The van der Waals surface area contributed by atoms with Gasteiger partial charge in [0, 0.05) is 12.4 Å². The predicted molar refractivity (Wildman–Crippen MR) is 70.6 cm³/mol. The van der Waals surface area contributed by atoms with Gasteiger partial charge in [-0.2, -0.15) is 0 Å². The lowest BCUT2D eigenvalue weighted by atomic mass is 10.2. The molecule has 0 bridgehead atoms. The molecule has 1 rings (SSSR count). The first kappa shape index (κ1) is 17.2. The number of carbonyl (C=O) groups is 1. The number of nitrogens with zero attached hydrogens (tertiary/aromatic N) is 2. The molecule has 4 heteroatoms. The second-order valence-corrected chi connectivity index (χ2v) is 3.56. The quantitative estimate of drug-likeness (QED) is 0.785. The summed E-state index contributed by atoms with van der Waals surface area (Å²) in [6, 6.07) is 0. The maximum absolute atomic E-state index is 8.00. The van der Waals surface area contributed by atoms with E-state index in [4.69, 9.17) is 4.79 Å². The van der Waals surface area contributed by atoms with Crippen molar-refractivity contribution in [2.75, 3.05) is 14.1 Å². The molecule has 0 aromatic heterocycles. The number of allylic oxidation sites excluding steroid dienone is 1. The largest absolute Gasteiger partial charge is 0.357 e. The molecule has 1 heterocycles. The molecule has 0 saturated carbocycles. The van der Waals surface area contributed by atoms with Gasteiger partial charge in [0.25, 0.3) is 0 Å². The van der Waals surface area contributed by atoms with E-state index in [0.29, 0.717) is 0 Å². The van der Waals surface area contributed by atoms with Crippen molar-refractivity contribution in [2.24, 2.45) is 4.99 Å². The molecule has 0 radical (unpaired) electrons. The highest BCUT2D eigenvalue weighted by atomic mass is 16.1. The maximum Gasteiger partial charge on any atom is 0.175 e. The van der Waals surface area contributed by atoms with Crippen molar-refractivity contribution >= 4 is 13.0 Å². The summed E-state index contributed by atoms with van der Waals surface area (Å²) >= 11 is 0. The van der Waals surface area contributed by atoms with Crippen LogP contribution in [-0.2, 0) is 4.79 Å². The van der Waals surface area contributed by atoms with Gasteiger partial charge in [0.2, 0.25) is 0 Å². The molecule has 0 spiro atoms. The van der Waals surface area contributed by atoms with Gasteiger partial charge in [-0.1, -0.05) is 27.2 Å². The third kappa shape index (κ3) is 8.17. The first-order valence-electron chi connectivity index (χ1n) is 5.59. The molecule has 0 amide bonds. The molecule has 16 heavy (non-hydrogen) atoms. The van der Waals surface area contributed by atoms with Crippen LogP contribution >= 0.6 is 0 Å². The van der Waals surface area contributed by atoms with Crippen LogP contribution in [-0.4, -0.2) is 38.3 Å². The second kappa shape index (κ2) is 11.9. The SMILES string of the molecule is C=O.CCC.CCC1=CNC(N(C)C)N=C1. The van der Waals surface area contributed by atoms with Crippen molar-refractivity contribution in [3.8, 4) is 0 Å². The van der Waals surface area contributed by atoms with E-state index in [9.17, 15) is 0 Å². The van der Waals surface area contributed by atoms with Crippen LogP contribution in [0.3, 0.4) is 0 Å². The lowest BCUT2D eigenvalue weighted by Crippen LogP contribution is -2.38. The van der Waals surface area contributed by atoms with Gasteiger partial charge in [0.1, 0.15) is 6.79 Å². The first-order chi connectivity index (χ1) is 7.65. The summed E-state index contributed by atoms with van der Waals surface area (Å²) in [6.45, 7) is 8.37. The van der Waals surface area contributed by atoms with Gasteiger partial charge in [-0.3, -0.25) is 9.89 Å². The van der Waals surface area contributed by atoms with Crippen molar-refractivity contribution in [3.05, 3.63) is 11.8 Å². The minimum atomic E-state index is 0.116. The Morgan fingerprint density at radius 1 is 1.38 bits per heavy atom. The Labute approximate surface area is 99.4 Å². The molecule has 0 aromatic carbocycles. The molecule has 1 N–H and O–H groups in total. The van der Waals surface area contributed by atoms with Gasteiger partial charge >= 0.3 is 0 Å². The van der Waals surface area contributed by atoms with Gasteiger partial charge < -0.3 is 10.1 Å². The maximum atomic E-state index is 8.00. The minimum absolute atomic E-state index is 0.116. The van der Waals surface area contributed by atoms with Crippen molar-refractivity contribution in [3.63, 3.8) is 0 Å². The number of hydrogen-bond acceptors (Lipinski definition) is 4. The van der Waals surface area contributed by atoms with Crippen LogP contribution in [0.5, 0.6) is 0 Å². The molecule has 0 aliphatic carbocycles. The Morgan fingerprint density at radius 3 is 2.12 bits per heavy atom. The first-order valence-corrected chi connectivity index (χ1v) is 5.59. The Balaban J connectivity index is 0. The van der Waals surface area contributed by atoms with Crippen LogP contribution in [0.2, 0.25) is 0 Å². The normalized spacial score (nSPS) is 17.4. The van der Waals surface area contributed by atoms with Crippen molar-refractivity contribution in [2.45, 2.75) is 39.9 Å². The lowest BCUT2D eigenvalue weighted by Gasteiger charge is -2.23. The van der Waals surface area contributed by atoms with Crippen molar-refractivity contribution < 1.29 is 4.79 Å². The predicted octanol–water partition coefficient (Wildman–Crippen LogP) is 2.03. The standard InChI is InChI=1S/C8H15N3.C3H8.CH2O/c1-4-7-5-9-8(10-6-7)11(2)3;1-3-2;1-2/h5-6,8-9H,4H2,1-3H3;3H2,1-2H3;1H2. The fourth-order valence-corrected chi connectivity index (χ4v) is 0.904. The number of aliphatic imine (C=N–C) groups is 1. The Morgan fingerprint density at radius 2 is 1.88 bits per heavy atom. The topological polar surface area (TPSA) is 44.7 Å². The zero-order valence-electron chi connectivity index (χ0n) is 11.2. The molecular formula is C12H25N3O. The summed E-state index contributed by atoms with van der Waals surface area (Å²) < 4.78 is 0. The Bertz CT molecular complexity index is 212. The third-order valence-corrected chi connectivity index (χ3v) is 1.70. The fourth-order valence-electron chi connectivity index (χ4n) is 0.904. The highest BCUT2D eigenvalue weighted by molar-refractivity contribution is 5.79. The molecule has 1 unspecified atom stereocenters. The summed E-state index contributed by atoms with van der Waals surface area (Å²) in [5.74, 6) is 0. The van der Waals surface area contributed by atoms with Crippen molar-refractivity contribution in [1.82, 2.24) is 10.2 Å². The van der Waals surface area contributed by atoms with E-state index in [1.807, 2.05) is 38.2 Å². The summed E-state index contributed by atoms with van der Waals surface area (Å²) in [7, 11) is 4.00. The van der Waals surface area contributed by atoms with Gasteiger partial charge in [-0.25, -0.2) is 0 Å². The van der Waals surface area contributed by atoms with E-state index in [1.54, 1.807) is 0 Å². The summed E-state index contributed by atoms with van der Waals surface area (Å²) in [5.41, 5.74) is 1.25. The van der Waals surface area contributed by atoms with E-state index >= 15 is 0 Å². The summed E-state index contributed by atoms with van der Waals surface area (Å²) in [4.78, 5) is 14.3. The third-order valence-electron chi connectivity index (χ3n) is 1.70. The highest BCUT2D eigenvalue weighted by Crippen LogP contribution is 2.03. The van der Waals surface area contributed by atoms with Crippen LogP contribution in [0.1, 0.15) is 33.6 Å². The van der Waals surface area contributed by atoms with Gasteiger partial charge in [0.15, 0.2) is 6.29 Å².